The number of nitrogens with one attached hydrogen (secondary N) is 1. The summed E-state index contributed by atoms with van der Waals surface area (Å²) in [5, 5.41) is 21.7. The Hall–Kier alpha value is -2.00. The van der Waals surface area contributed by atoms with E-state index in [0.717, 1.165) is 17.5 Å². The molecule has 21 heavy (non-hydrogen) atoms. The molecule has 0 radical (unpaired) electrons. The van der Waals surface area contributed by atoms with Crippen molar-refractivity contribution in [2.45, 2.75) is 51.0 Å². The number of nitrogens with zero attached hydrogens (tertiary/aromatic N) is 2. The van der Waals surface area contributed by atoms with Gasteiger partial charge in [0.2, 0.25) is 0 Å². The Morgan fingerprint density at radius 3 is 2.43 bits per heavy atom. The van der Waals surface area contributed by atoms with E-state index in [9.17, 15) is 0 Å². The summed E-state index contributed by atoms with van der Waals surface area (Å²) in [7, 11) is 0. The minimum atomic E-state index is 0.457. The number of hydrogen-bond donors (Lipinski definition) is 1. The van der Waals surface area contributed by atoms with Gasteiger partial charge in [-0.2, -0.15) is 10.5 Å². The monoisotopic (exact) mass is 279 g/mol. The molecule has 0 amide bonds. The van der Waals surface area contributed by atoms with Crippen LogP contribution in [0.5, 0.6) is 0 Å². The molecule has 108 valence electrons. The quantitative estimate of drug-likeness (QED) is 0.882. The van der Waals surface area contributed by atoms with E-state index >= 15 is 0 Å². The summed E-state index contributed by atoms with van der Waals surface area (Å²) < 4.78 is 0. The van der Waals surface area contributed by atoms with Crippen molar-refractivity contribution >= 4 is 5.69 Å². The van der Waals surface area contributed by atoms with Gasteiger partial charge in [0.05, 0.1) is 11.1 Å². The molecule has 2 fully saturated rings. The molecule has 1 aromatic carbocycles. The van der Waals surface area contributed by atoms with Crippen molar-refractivity contribution < 1.29 is 0 Å². The van der Waals surface area contributed by atoms with E-state index in [2.05, 4.69) is 17.5 Å². The van der Waals surface area contributed by atoms with E-state index in [1.807, 2.05) is 12.1 Å². The van der Waals surface area contributed by atoms with Gasteiger partial charge >= 0.3 is 0 Å². The van der Waals surface area contributed by atoms with Crippen molar-refractivity contribution in [1.29, 1.82) is 10.5 Å². The first kappa shape index (κ1) is 14.0. The lowest BCUT2D eigenvalue weighted by atomic mass is 9.69. The second kappa shape index (κ2) is 6.19. The second-order valence-electron chi connectivity index (χ2n) is 6.44. The molecule has 0 bridgehead atoms. The topological polar surface area (TPSA) is 59.6 Å². The van der Waals surface area contributed by atoms with Gasteiger partial charge in [-0.05, 0) is 49.3 Å². The first-order valence-electron chi connectivity index (χ1n) is 8.01. The lowest BCUT2D eigenvalue weighted by Gasteiger charge is -2.39. The Labute approximate surface area is 126 Å². The van der Waals surface area contributed by atoms with E-state index in [1.54, 1.807) is 6.07 Å². The average Bonchev–Trinajstić information content (AvgIpc) is 2.54. The number of benzene rings is 1. The molecule has 0 heterocycles. The molecule has 2 aliphatic carbocycles. The number of anilines is 1. The first-order valence-corrected chi connectivity index (χ1v) is 8.01. The van der Waals surface area contributed by atoms with Crippen molar-refractivity contribution in [3.63, 3.8) is 0 Å². The highest BCUT2D eigenvalue weighted by atomic mass is 14.9. The number of nitriles is 2. The van der Waals surface area contributed by atoms with Gasteiger partial charge in [-0.25, -0.2) is 0 Å². The van der Waals surface area contributed by atoms with Crippen LogP contribution in [0.25, 0.3) is 0 Å². The van der Waals surface area contributed by atoms with Crippen molar-refractivity contribution in [3.8, 4) is 12.1 Å². The molecule has 3 rings (SSSR count). The van der Waals surface area contributed by atoms with Crippen LogP contribution in [0, 0.1) is 34.5 Å². The smallest absolute Gasteiger partial charge is 0.101 e. The maximum absolute atomic E-state index is 9.11. The fraction of sp³-hybridized carbons (Fsp3) is 0.556. The van der Waals surface area contributed by atoms with E-state index in [1.165, 1.54) is 44.9 Å². The fourth-order valence-electron chi connectivity index (χ4n) is 4.06. The highest BCUT2D eigenvalue weighted by Gasteiger charge is 2.32. The van der Waals surface area contributed by atoms with Crippen molar-refractivity contribution in [2.24, 2.45) is 11.8 Å². The summed E-state index contributed by atoms with van der Waals surface area (Å²) >= 11 is 0. The summed E-state index contributed by atoms with van der Waals surface area (Å²) in [6.45, 7) is 0. The minimum Gasteiger partial charge on any atom is -0.382 e. The van der Waals surface area contributed by atoms with Crippen LogP contribution in [0.1, 0.15) is 56.1 Å². The first-order chi connectivity index (χ1) is 10.3. The van der Waals surface area contributed by atoms with Crippen molar-refractivity contribution in [2.75, 3.05) is 5.32 Å². The lowest BCUT2D eigenvalue weighted by Crippen LogP contribution is -2.34. The van der Waals surface area contributed by atoms with Gasteiger partial charge in [-0.15, -0.1) is 0 Å². The Balaban J connectivity index is 1.67. The maximum atomic E-state index is 9.11. The van der Waals surface area contributed by atoms with Gasteiger partial charge in [0.15, 0.2) is 0 Å². The predicted octanol–water partition coefficient (Wildman–Crippen LogP) is 4.20. The highest BCUT2D eigenvalue weighted by Crippen LogP contribution is 2.41. The number of rotatable bonds is 2. The van der Waals surface area contributed by atoms with Crippen LogP contribution in [0.15, 0.2) is 18.2 Å². The van der Waals surface area contributed by atoms with Crippen LogP contribution in [-0.4, -0.2) is 6.04 Å². The standard InChI is InChI=1S/C18H21N3/c19-11-15-6-8-18(10-16(15)12-20)21-17-7-5-13-3-1-2-4-14(13)9-17/h6,8,10,13-14,17,21H,1-5,7,9H2. The van der Waals surface area contributed by atoms with Gasteiger partial charge in [0, 0.05) is 11.7 Å². The highest BCUT2D eigenvalue weighted by molar-refractivity contribution is 5.56. The molecule has 1 aromatic rings. The Bertz CT molecular complexity index is 593. The lowest BCUT2D eigenvalue weighted by molar-refractivity contribution is 0.162. The molecule has 0 aliphatic heterocycles. The summed E-state index contributed by atoms with van der Waals surface area (Å²) in [6.07, 6.45) is 9.44. The Morgan fingerprint density at radius 2 is 1.67 bits per heavy atom. The number of hydrogen-bond acceptors (Lipinski definition) is 3. The fourth-order valence-corrected chi connectivity index (χ4v) is 4.06. The minimum absolute atomic E-state index is 0.457. The zero-order valence-corrected chi connectivity index (χ0v) is 12.3. The van der Waals surface area contributed by atoms with Crippen LogP contribution in [0.3, 0.4) is 0 Å². The molecule has 1 N–H and O–H groups in total. The van der Waals surface area contributed by atoms with E-state index in [4.69, 9.17) is 10.5 Å². The maximum Gasteiger partial charge on any atom is 0.101 e. The molecule has 3 heteroatoms. The van der Waals surface area contributed by atoms with Gasteiger partial charge in [-0.1, -0.05) is 25.7 Å². The zero-order chi connectivity index (χ0) is 14.7. The van der Waals surface area contributed by atoms with Crippen LogP contribution in [0.4, 0.5) is 5.69 Å². The molecule has 3 unspecified atom stereocenters. The molecule has 3 nitrogen and oxygen atoms in total. The van der Waals surface area contributed by atoms with E-state index in [-0.39, 0.29) is 0 Å². The second-order valence-corrected chi connectivity index (χ2v) is 6.44. The van der Waals surface area contributed by atoms with Gasteiger partial charge in [0.1, 0.15) is 12.1 Å². The molecule has 2 aliphatic rings. The average molecular weight is 279 g/mol. The van der Waals surface area contributed by atoms with Gasteiger partial charge in [-0.3, -0.25) is 0 Å². The third-order valence-electron chi connectivity index (χ3n) is 5.17. The summed E-state index contributed by atoms with van der Waals surface area (Å²) in [4.78, 5) is 0. The van der Waals surface area contributed by atoms with Gasteiger partial charge in [0.25, 0.3) is 0 Å². The molecular formula is C18H21N3. The summed E-state index contributed by atoms with van der Waals surface area (Å²) in [5.74, 6) is 1.84. The largest absolute Gasteiger partial charge is 0.382 e. The SMILES string of the molecule is N#Cc1ccc(NC2CCC3CCCCC3C2)cc1C#N. The van der Waals surface area contributed by atoms with E-state index in [0.29, 0.717) is 17.2 Å². The van der Waals surface area contributed by atoms with E-state index < -0.39 is 0 Å². The van der Waals surface area contributed by atoms with Gasteiger partial charge < -0.3 is 5.32 Å². The number of fused-ring (bicyclic) bond motifs is 1. The molecule has 3 atom stereocenters. The molecule has 0 aromatic heterocycles. The van der Waals surface area contributed by atoms with Crippen molar-refractivity contribution in [3.05, 3.63) is 29.3 Å². The summed E-state index contributed by atoms with van der Waals surface area (Å²) in [5.41, 5.74) is 1.90. The molecule has 0 saturated heterocycles. The normalized spacial score (nSPS) is 28.0. The molecule has 2 saturated carbocycles. The van der Waals surface area contributed by atoms with Crippen LogP contribution >= 0.6 is 0 Å². The Morgan fingerprint density at radius 1 is 0.905 bits per heavy atom. The third kappa shape index (κ3) is 3.03. The van der Waals surface area contributed by atoms with Crippen LogP contribution in [-0.2, 0) is 0 Å². The Kier molecular flexibility index (Phi) is 4.11. The predicted molar refractivity (Wildman–Crippen MR) is 82.6 cm³/mol. The molecule has 0 spiro atoms. The summed E-state index contributed by atoms with van der Waals surface area (Å²) in [6, 6.07) is 10.2. The zero-order valence-electron chi connectivity index (χ0n) is 12.3. The van der Waals surface area contributed by atoms with Crippen LogP contribution in [0.2, 0.25) is 0 Å². The third-order valence-corrected chi connectivity index (χ3v) is 5.17. The van der Waals surface area contributed by atoms with Crippen LogP contribution < -0.4 is 5.32 Å². The van der Waals surface area contributed by atoms with Crippen molar-refractivity contribution in [1.82, 2.24) is 0 Å². The molecular weight excluding hydrogens is 258 g/mol.